The molecule has 0 unspecified atom stereocenters. The topological polar surface area (TPSA) is 38.7 Å². The molecule has 0 aromatic carbocycles. The molecule has 3 heteroatoms. The van der Waals surface area contributed by atoms with E-state index in [1.165, 1.54) is 0 Å². The van der Waals surface area contributed by atoms with Crippen LogP contribution in [0.1, 0.15) is 19.8 Å². The lowest BCUT2D eigenvalue weighted by molar-refractivity contribution is 0.0904. The maximum atomic E-state index is 8.24. The molecule has 0 rings (SSSR count). The van der Waals surface area contributed by atoms with Crippen LogP contribution in [0.5, 0.6) is 0 Å². The Bertz CT molecular complexity index is 42.6. The highest BCUT2D eigenvalue weighted by molar-refractivity contribution is 4.30. The molecule has 0 aliphatic rings. The zero-order valence-electron chi connectivity index (χ0n) is 7.80. The Kier molecular flexibility index (Phi) is 20.2. The fourth-order valence-corrected chi connectivity index (χ4v) is 0.413. The number of hydrogen-bond acceptors (Lipinski definition) is 3. The van der Waals surface area contributed by atoms with Gasteiger partial charge in [-0.2, -0.15) is 0 Å². The van der Waals surface area contributed by atoms with Gasteiger partial charge < -0.3 is 14.6 Å². The summed E-state index contributed by atoms with van der Waals surface area (Å²) in [6.45, 7) is 3.53. The van der Waals surface area contributed by atoms with Crippen molar-refractivity contribution in [3.05, 3.63) is 0 Å². The van der Waals surface area contributed by atoms with Gasteiger partial charge in [-0.25, -0.2) is 0 Å². The summed E-state index contributed by atoms with van der Waals surface area (Å²) in [5, 5.41) is 8.24. The first kappa shape index (κ1) is 13.5. The number of aliphatic hydroxyl groups excluding tert-OH is 1. The molecule has 0 fully saturated rings. The van der Waals surface area contributed by atoms with Gasteiger partial charge >= 0.3 is 0 Å². The second-order valence-electron chi connectivity index (χ2n) is 2.10. The van der Waals surface area contributed by atoms with Crippen LogP contribution in [0, 0.1) is 0 Å². The van der Waals surface area contributed by atoms with Gasteiger partial charge in [0.2, 0.25) is 0 Å². The molecular weight excluding hydrogens is 144 g/mol. The van der Waals surface area contributed by atoms with E-state index in [1.54, 1.807) is 14.2 Å². The van der Waals surface area contributed by atoms with E-state index in [4.69, 9.17) is 9.84 Å². The SMILES string of the molecule is CCCCOCCO.COC. The lowest BCUT2D eigenvalue weighted by atomic mass is 10.4. The van der Waals surface area contributed by atoms with Crippen LogP contribution in [0.4, 0.5) is 0 Å². The highest BCUT2D eigenvalue weighted by Crippen LogP contribution is 1.85. The van der Waals surface area contributed by atoms with Crippen molar-refractivity contribution in [2.45, 2.75) is 19.8 Å². The quantitative estimate of drug-likeness (QED) is 0.617. The Hall–Kier alpha value is -0.120. The molecule has 0 saturated carbocycles. The van der Waals surface area contributed by atoms with Crippen molar-refractivity contribution in [3.8, 4) is 0 Å². The van der Waals surface area contributed by atoms with Gasteiger partial charge in [-0.3, -0.25) is 0 Å². The second kappa shape index (κ2) is 16.5. The third-order valence-corrected chi connectivity index (χ3v) is 0.878. The first-order valence-corrected chi connectivity index (χ1v) is 3.92. The fraction of sp³-hybridized carbons (Fsp3) is 1.00. The Labute approximate surface area is 69.3 Å². The van der Waals surface area contributed by atoms with Gasteiger partial charge in [0.05, 0.1) is 13.2 Å². The summed E-state index contributed by atoms with van der Waals surface area (Å²) in [5.41, 5.74) is 0. The van der Waals surface area contributed by atoms with Crippen LogP contribution >= 0.6 is 0 Å². The van der Waals surface area contributed by atoms with Gasteiger partial charge in [0.25, 0.3) is 0 Å². The van der Waals surface area contributed by atoms with E-state index < -0.39 is 0 Å². The largest absolute Gasteiger partial charge is 0.394 e. The fourth-order valence-electron chi connectivity index (χ4n) is 0.413. The standard InChI is InChI=1S/C6H14O2.C2H6O/c1-2-3-5-8-6-4-7;1-3-2/h7H,2-6H2,1H3;1-2H3. The third kappa shape index (κ3) is 25.8. The average Bonchev–Trinajstić information content (AvgIpc) is 2.00. The molecular formula is C8H20O3. The second-order valence-corrected chi connectivity index (χ2v) is 2.10. The summed E-state index contributed by atoms with van der Waals surface area (Å²) in [4.78, 5) is 0. The van der Waals surface area contributed by atoms with Gasteiger partial charge in [0.15, 0.2) is 0 Å². The molecule has 0 aliphatic carbocycles. The minimum absolute atomic E-state index is 0.143. The van der Waals surface area contributed by atoms with Crippen molar-refractivity contribution in [3.63, 3.8) is 0 Å². The van der Waals surface area contributed by atoms with Crippen molar-refractivity contribution in [1.82, 2.24) is 0 Å². The van der Waals surface area contributed by atoms with Crippen molar-refractivity contribution >= 4 is 0 Å². The highest BCUT2D eigenvalue weighted by Gasteiger charge is 1.82. The summed E-state index contributed by atoms with van der Waals surface area (Å²) in [6.07, 6.45) is 2.26. The molecule has 3 nitrogen and oxygen atoms in total. The van der Waals surface area contributed by atoms with Crippen LogP contribution in [-0.2, 0) is 9.47 Å². The monoisotopic (exact) mass is 164 g/mol. The van der Waals surface area contributed by atoms with E-state index >= 15 is 0 Å². The maximum Gasteiger partial charge on any atom is 0.0697 e. The summed E-state index contributed by atoms with van der Waals surface area (Å²) in [7, 11) is 3.25. The predicted octanol–water partition coefficient (Wildman–Crippen LogP) is 1.06. The van der Waals surface area contributed by atoms with Gasteiger partial charge in [-0.1, -0.05) is 13.3 Å². The molecule has 70 valence electrons. The molecule has 1 N–H and O–H groups in total. The van der Waals surface area contributed by atoms with Crippen LogP contribution in [0.15, 0.2) is 0 Å². The molecule has 0 bridgehead atoms. The lowest BCUT2D eigenvalue weighted by Crippen LogP contribution is -1.99. The van der Waals surface area contributed by atoms with E-state index in [2.05, 4.69) is 11.7 Å². The molecule has 0 amide bonds. The van der Waals surface area contributed by atoms with Crippen LogP contribution in [0.3, 0.4) is 0 Å². The number of aliphatic hydroxyl groups is 1. The first-order valence-electron chi connectivity index (χ1n) is 3.92. The van der Waals surface area contributed by atoms with Crippen LogP contribution in [-0.4, -0.2) is 39.1 Å². The minimum Gasteiger partial charge on any atom is -0.394 e. The molecule has 0 atom stereocenters. The Morgan fingerprint density at radius 1 is 1.18 bits per heavy atom. The van der Waals surface area contributed by atoms with Gasteiger partial charge in [0.1, 0.15) is 0 Å². The van der Waals surface area contributed by atoms with Gasteiger partial charge in [0, 0.05) is 20.8 Å². The summed E-state index contributed by atoms with van der Waals surface area (Å²) in [5.74, 6) is 0. The molecule has 0 aliphatic heterocycles. The smallest absolute Gasteiger partial charge is 0.0697 e. The summed E-state index contributed by atoms with van der Waals surface area (Å²) < 4.78 is 9.22. The molecule has 0 saturated heterocycles. The number of rotatable bonds is 5. The maximum absolute atomic E-state index is 8.24. The Balaban J connectivity index is 0. The predicted molar refractivity (Wildman–Crippen MR) is 45.7 cm³/mol. The van der Waals surface area contributed by atoms with Crippen molar-refractivity contribution in [2.24, 2.45) is 0 Å². The van der Waals surface area contributed by atoms with Crippen molar-refractivity contribution < 1.29 is 14.6 Å². The number of methoxy groups -OCH3 is 1. The molecule has 0 spiro atoms. The van der Waals surface area contributed by atoms with E-state index in [1.807, 2.05) is 0 Å². The van der Waals surface area contributed by atoms with Crippen LogP contribution in [0.25, 0.3) is 0 Å². The third-order valence-electron chi connectivity index (χ3n) is 0.878. The summed E-state index contributed by atoms with van der Waals surface area (Å²) in [6, 6.07) is 0. The summed E-state index contributed by atoms with van der Waals surface area (Å²) >= 11 is 0. The van der Waals surface area contributed by atoms with Crippen LogP contribution in [0.2, 0.25) is 0 Å². The van der Waals surface area contributed by atoms with Crippen molar-refractivity contribution in [2.75, 3.05) is 34.0 Å². The van der Waals surface area contributed by atoms with E-state index in [-0.39, 0.29) is 6.61 Å². The zero-order chi connectivity index (χ0) is 8.95. The number of unbranched alkanes of at least 4 members (excludes halogenated alkanes) is 1. The normalized spacial score (nSPS) is 8.73. The molecule has 0 radical (unpaired) electrons. The minimum atomic E-state index is 0.143. The lowest BCUT2D eigenvalue weighted by Gasteiger charge is -1.97. The molecule has 0 aromatic heterocycles. The Morgan fingerprint density at radius 2 is 1.73 bits per heavy atom. The molecule has 11 heavy (non-hydrogen) atoms. The van der Waals surface area contributed by atoms with E-state index in [0.29, 0.717) is 6.61 Å². The van der Waals surface area contributed by atoms with Gasteiger partial charge in [-0.15, -0.1) is 0 Å². The van der Waals surface area contributed by atoms with Crippen molar-refractivity contribution in [1.29, 1.82) is 0 Å². The number of hydrogen-bond donors (Lipinski definition) is 1. The van der Waals surface area contributed by atoms with E-state index in [0.717, 1.165) is 19.4 Å². The molecule has 0 aromatic rings. The number of ether oxygens (including phenoxy) is 2. The highest BCUT2D eigenvalue weighted by atomic mass is 16.5. The van der Waals surface area contributed by atoms with Gasteiger partial charge in [-0.05, 0) is 6.42 Å². The van der Waals surface area contributed by atoms with E-state index in [9.17, 15) is 0 Å². The van der Waals surface area contributed by atoms with Crippen LogP contribution < -0.4 is 0 Å². The Morgan fingerprint density at radius 3 is 2.09 bits per heavy atom. The zero-order valence-corrected chi connectivity index (χ0v) is 7.80. The average molecular weight is 164 g/mol. The first-order chi connectivity index (χ1) is 5.33. The molecule has 0 heterocycles.